The van der Waals surface area contributed by atoms with E-state index in [-0.39, 0.29) is 6.04 Å². The molecule has 0 bridgehead atoms. The van der Waals surface area contributed by atoms with Crippen molar-refractivity contribution >= 4 is 22.5 Å². The number of fused-ring (bicyclic) bond motifs is 1. The van der Waals surface area contributed by atoms with Gasteiger partial charge in [-0.1, -0.05) is 36.4 Å². The molecule has 1 fully saturated rings. The van der Waals surface area contributed by atoms with Crippen LogP contribution in [0, 0.1) is 25.2 Å². The molecule has 0 radical (unpaired) electrons. The summed E-state index contributed by atoms with van der Waals surface area (Å²) in [5, 5.41) is 27.5. The molecule has 6 rings (SSSR count). The number of hydrogen-bond donors (Lipinski definition) is 3. The Labute approximate surface area is 255 Å². The summed E-state index contributed by atoms with van der Waals surface area (Å²) in [5.41, 5.74) is 7.71. The van der Waals surface area contributed by atoms with Gasteiger partial charge in [0.25, 0.3) is 0 Å². The van der Waals surface area contributed by atoms with Crippen LogP contribution < -0.4 is 15.4 Å². The zero-order chi connectivity index (χ0) is 30.6. The fourth-order valence-corrected chi connectivity index (χ4v) is 5.60. The standard InChI is InChI=1S/C34H33N7O3/c1-20-23(7-5-10-27(20)40-33-32-30(11-6-15-36-32)38-21(2)39-33)24-8-4-9-25(26(24)17-35)28-13-12-22(34(41-28)43-3)18-37-29-14-16-44-19-31(29)42/h4-13,15,29,31,37,42H,14,16,18-19H2,1-3H3,(H,38,39,40)/t29-,31+/m1/s1. The van der Waals surface area contributed by atoms with Gasteiger partial charge in [0.15, 0.2) is 5.82 Å². The first-order valence-corrected chi connectivity index (χ1v) is 14.5. The number of hydrogen-bond acceptors (Lipinski definition) is 10. The van der Waals surface area contributed by atoms with E-state index in [0.29, 0.717) is 59.6 Å². The molecule has 222 valence electrons. The van der Waals surface area contributed by atoms with Crippen molar-refractivity contribution in [2.24, 2.45) is 0 Å². The molecule has 2 atom stereocenters. The molecule has 0 unspecified atom stereocenters. The van der Waals surface area contributed by atoms with Gasteiger partial charge in [0.1, 0.15) is 17.4 Å². The van der Waals surface area contributed by atoms with Gasteiger partial charge in [0, 0.05) is 47.8 Å². The summed E-state index contributed by atoms with van der Waals surface area (Å²) >= 11 is 0. The van der Waals surface area contributed by atoms with Crippen LogP contribution >= 0.6 is 0 Å². The maximum absolute atomic E-state index is 10.4. The van der Waals surface area contributed by atoms with E-state index in [1.54, 1.807) is 13.3 Å². The highest BCUT2D eigenvalue weighted by atomic mass is 16.5. The third-order valence-corrected chi connectivity index (χ3v) is 7.91. The summed E-state index contributed by atoms with van der Waals surface area (Å²) in [6.45, 7) is 5.30. The highest BCUT2D eigenvalue weighted by Crippen LogP contribution is 2.37. The van der Waals surface area contributed by atoms with Crippen molar-refractivity contribution in [3.8, 4) is 34.3 Å². The summed E-state index contributed by atoms with van der Waals surface area (Å²) in [7, 11) is 1.58. The zero-order valence-corrected chi connectivity index (χ0v) is 24.8. The van der Waals surface area contributed by atoms with E-state index >= 15 is 0 Å². The fraction of sp³-hybridized carbons (Fsp3) is 0.265. The number of aryl methyl sites for hydroxylation is 1. The maximum atomic E-state index is 10.4. The molecule has 5 aromatic rings. The van der Waals surface area contributed by atoms with Crippen molar-refractivity contribution < 1.29 is 14.6 Å². The average Bonchev–Trinajstić information content (AvgIpc) is 3.05. The number of nitriles is 1. The second-order valence-corrected chi connectivity index (χ2v) is 10.7. The number of pyridine rings is 2. The molecule has 0 saturated carbocycles. The molecule has 1 saturated heterocycles. The van der Waals surface area contributed by atoms with Gasteiger partial charge >= 0.3 is 0 Å². The van der Waals surface area contributed by atoms with Gasteiger partial charge < -0.3 is 25.2 Å². The van der Waals surface area contributed by atoms with Crippen molar-refractivity contribution in [3.63, 3.8) is 0 Å². The van der Waals surface area contributed by atoms with Gasteiger partial charge in [-0.15, -0.1) is 0 Å². The predicted octanol–water partition coefficient (Wildman–Crippen LogP) is 5.23. The molecule has 4 heterocycles. The lowest BCUT2D eigenvalue weighted by Gasteiger charge is -2.28. The molecule has 10 heteroatoms. The Hall–Kier alpha value is -4.95. The third-order valence-electron chi connectivity index (χ3n) is 7.91. The Morgan fingerprint density at radius 2 is 1.82 bits per heavy atom. The molecule has 1 aliphatic heterocycles. The van der Waals surface area contributed by atoms with E-state index in [9.17, 15) is 10.4 Å². The summed E-state index contributed by atoms with van der Waals surface area (Å²) in [6.07, 6.45) is 1.90. The van der Waals surface area contributed by atoms with Gasteiger partial charge in [0.05, 0.1) is 36.6 Å². The number of nitrogens with zero attached hydrogens (tertiary/aromatic N) is 5. The molecule has 0 spiro atoms. The number of methoxy groups -OCH3 is 1. The maximum Gasteiger partial charge on any atom is 0.218 e. The first-order valence-electron chi connectivity index (χ1n) is 14.5. The smallest absolute Gasteiger partial charge is 0.218 e. The number of aliphatic hydroxyl groups excluding tert-OH is 1. The number of aromatic nitrogens is 4. The highest BCUT2D eigenvalue weighted by molar-refractivity contribution is 5.89. The van der Waals surface area contributed by atoms with Crippen molar-refractivity contribution in [2.75, 3.05) is 25.6 Å². The van der Waals surface area contributed by atoms with Crippen molar-refractivity contribution in [3.05, 3.63) is 89.4 Å². The minimum atomic E-state index is -0.554. The largest absolute Gasteiger partial charge is 0.481 e. The third kappa shape index (κ3) is 5.81. The number of aliphatic hydroxyl groups is 1. The van der Waals surface area contributed by atoms with Crippen LogP contribution in [0.1, 0.15) is 28.9 Å². The first-order chi connectivity index (χ1) is 21.5. The van der Waals surface area contributed by atoms with Crippen LogP contribution in [0.4, 0.5) is 11.5 Å². The van der Waals surface area contributed by atoms with Gasteiger partial charge in [-0.3, -0.25) is 4.98 Å². The van der Waals surface area contributed by atoms with E-state index < -0.39 is 6.10 Å². The topological polar surface area (TPSA) is 138 Å². The van der Waals surface area contributed by atoms with E-state index in [1.165, 1.54) is 0 Å². The Bertz CT molecular complexity index is 1870. The van der Waals surface area contributed by atoms with Crippen LogP contribution in [-0.4, -0.2) is 57.5 Å². The number of rotatable bonds is 8. The van der Waals surface area contributed by atoms with Crippen LogP contribution in [0.5, 0.6) is 5.88 Å². The number of benzene rings is 2. The first kappa shape index (κ1) is 29.1. The van der Waals surface area contributed by atoms with Crippen LogP contribution in [0.3, 0.4) is 0 Å². The quantitative estimate of drug-likeness (QED) is 0.221. The molecule has 44 heavy (non-hydrogen) atoms. The normalized spacial score (nSPS) is 16.4. The van der Waals surface area contributed by atoms with Crippen LogP contribution in [0.25, 0.3) is 33.4 Å². The molecule has 3 N–H and O–H groups in total. The lowest BCUT2D eigenvalue weighted by molar-refractivity contribution is -0.0281. The van der Waals surface area contributed by atoms with Crippen LogP contribution in [-0.2, 0) is 11.3 Å². The SMILES string of the molecule is COc1nc(-c2cccc(-c3cccc(Nc4nc(C)nc5cccnc45)c3C)c2C#N)ccc1CN[C@@H]1CCOC[C@@H]1O. The van der Waals surface area contributed by atoms with Gasteiger partial charge in [-0.25, -0.2) is 15.0 Å². The average molecular weight is 588 g/mol. The number of nitrogens with one attached hydrogen (secondary N) is 2. The second-order valence-electron chi connectivity index (χ2n) is 10.7. The van der Waals surface area contributed by atoms with Crippen LogP contribution in [0.15, 0.2) is 66.9 Å². The minimum absolute atomic E-state index is 0.0585. The Morgan fingerprint density at radius 3 is 2.64 bits per heavy atom. The summed E-state index contributed by atoms with van der Waals surface area (Å²) < 4.78 is 11.0. The summed E-state index contributed by atoms with van der Waals surface area (Å²) in [4.78, 5) is 18.4. The van der Waals surface area contributed by atoms with Crippen molar-refractivity contribution in [1.29, 1.82) is 5.26 Å². The van der Waals surface area contributed by atoms with Gasteiger partial charge in [-0.05, 0) is 55.7 Å². The molecular weight excluding hydrogens is 554 g/mol. The minimum Gasteiger partial charge on any atom is -0.481 e. The van der Waals surface area contributed by atoms with E-state index in [2.05, 4.69) is 31.7 Å². The Morgan fingerprint density at radius 1 is 1.00 bits per heavy atom. The van der Waals surface area contributed by atoms with E-state index in [1.807, 2.05) is 74.5 Å². The summed E-state index contributed by atoms with van der Waals surface area (Å²) in [6, 6.07) is 21.7. The molecule has 3 aromatic heterocycles. The molecular formula is C34H33N7O3. The lowest BCUT2D eigenvalue weighted by Crippen LogP contribution is -2.46. The summed E-state index contributed by atoms with van der Waals surface area (Å²) in [5.74, 6) is 1.74. The van der Waals surface area contributed by atoms with Crippen molar-refractivity contribution in [1.82, 2.24) is 25.3 Å². The van der Waals surface area contributed by atoms with E-state index in [4.69, 9.17) is 14.5 Å². The molecule has 10 nitrogen and oxygen atoms in total. The monoisotopic (exact) mass is 587 g/mol. The Kier molecular flexibility index (Phi) is 8.43. The van der Waals surface area contributed by atoms with Crippen molar-refractivity contribution in [2.45, 2.75) is 39.0 Å². The number of ether oxygens (including phenoxy) is 2. The molecule has 0 aliphatic carbocycles. The second kappa shape index (κ2) is 12.7. The molecule has 2 aromatic carbocycles. The predicted molar refractivity (Wildman–Crippen MR) is 169 cm³/mol. The van der Waals surface area contributed by atoms with Crippen LogP contribution in [0.2, 0.25) is 0 Å². The van der Waals surface area contributed by atoms with Gasteiger partial charge in [-0.2, -0.15) is 5.26 Å². The fourth-order valence-electron chi connectivity index (χ4n) is 5.60. The zero-order valence-electron chi connectivity index (χ0n) is 24.8. The number of anilines is 2. The Balaban J connectivity index is 1.32. The molecule has 1 aliphatic rings. The highest BCUT2D eigenvalue weighted by Gasteiger charge is 2.24. The van der Waals surface area contributed by atoms with Gasteiger partial charge in [0.2, 0.25) is 5.88 Å². The van der Waals surface area contributed by atoms with E-state index in [0.717, 1.165) is 39.9 Å². The molecule has 0 amide bonds. The lowest BCUT2D eigenvalue weighted by atomic mass is 9.91.